The number of nitrogens with zero attached hydrogens (tertiary/aromatic N) is 2. The van der Waals surface area contributed by atoms with Gasteiger partial charge >= 0.3 is 0 Å². The monoisotopic (exact) mass is 430 g/mol. The molecule has 0 bridgehead atoms. The van der Waals surface area contributed by atoms with Crippen LogP contribution in [-0.2, 0) is 5.41 Å². The fourth-order valence-electron chi connectivity index (χ4n) is 4.20. The summed E-state index contributed by atoms with van der Waals surface area (Å²) in [7, 11) is 3.50. The summed E-state index contributed by atoms with van der Waals surface area (Å²) >= 11 is 3.28. The molecule has 2 aliphatic heterocycles. The first-order valence-electron chi connectivity index (χ1n) is 8.51. The minimum Gasteiger partial charge on any atom is -0.493 e. The van der Waals surface area contributed by atoms with Crippen molar-refractivity contribution in [1.29, 1.82) is 0 Å². The molecule has 0 aliphatic carbocycles. The Hall–Kier alpha value is -2.54. The fraction of sp³-hybridized carbons (Fsp3) is 0.300. The smallest absolute Gasteiger partial charge is 0.294 e. The number of hydrogen-bond acceptors (Lipinski definition) is 5. The number of fused-ring (bicyclic) bond motifs is 2. The van der Waals surface area contributed by atoms with Crippen LogP contribution in [0.5, 0.6) is 11.5 Å². The molecule has 2 aromatic rings. The predicted octanol–water partition coefficient (Wildman–Crippen LogP) is 4.90. The van der Waals surface area contributed by atoms with Gasteiger partial charge in [-0.05, 0) is 53.6 Å². The maximum atomic E-state index is 11.6. The van der Waals surface area contributed by atoms with Gasteiger partial charge in [-0.1, -0.05) is 18.2 Å². The highest BCUT2D eigenvalue weighted by Gasteiger charge is 2.58. The van der Waals surface area contributed by atoms with Gasteiger partial charge in [-0.15, -0.1) is 0 Å². The van der Waals surface area contributed by atoms with Gasteiger partial charge in [0.05, 0.1) is 27.5 Å². The van der Waals surface area contributed by atoms with Gasteiger partial charge in [0.1, 0.15) is 0 Å². The van der Waals surface area contributed by atoms with E-state index in [1.165, 1.54) is 7.11 Å². The third kappa shape index (κ3) is 2.18. The molecule has 140 valence electrons. The van der Waals surface area contributed by atoms with Gasteiger partial charge in [0.25, 0.3) is 5.69 Å². The van der Waals surface area contributed by atoms with Crippen molar-refractivity contribution >= 4 is 33.4 Å². The topological polar surface area (TPSA) is 64.8 Å². The first-order valence-corrected chi connectivity index (χ1v) is 9.30. The average Bonchev–Trinajstić information content (AvgIpc) is 2.80. The van der Waals surface area contributed by atoms with Crippen LogP contribution in [0.25, 0.3) is 6.08 Å². The van der Waals surface area contributed by atoms with Crippen LogP contribution in [0.2, 0.25) is 0 Å². The highest BCUT2D eigenvalue weighted by Crippen LogP contribution is 2.57. The van der Waals surface area contributed by atoms with Crippen molar-refractivity contribution in [1.82, 2.24) is 0 Å². The summed E-state index contributed by atoms with van der Waals surface area (Å²) in [4.78, 5) is 13.3. The molecule has 0 saturated heterocycles. The Morgan fingerprint density at radius 3 is 2.63 bits per heavy atom. The number of methoxy groups -OCH3 is 1. The Morgan fingerprint density at radius 1 is 1.30 bits per heavy atom. The van der Waals surface area contributed by atoms with Gasteiger partial charge in [0.15, 0.2) is 11.5 Å². The van der Waals surface area contributed by atoms with E-state index in [1.54, 1.807) is 12.1 Å². The lowest BCUT2D eigenvalue weighted by Gasteiger charge is -2.45. The lowest BCUT2D eigenvalue weighted by atomic mass is 9.76. The van der Waals surface area contributed by atoms with Crippen LogP contribution in [0, 0.1) is 10.1 Å². The number of anilines is 1. The van der Waals surface area contributed by atoms with Crippen LogP contribution in [-0.4, -0.2) is 24.8 Å². The molecule has 1 spiro atoms. The predicted molar refractivity (Wildman–Crippen MR) is 108 cm³/mol. The zero-order chi connectivity index (χ0) is 19.6. The standard InChI is InChI=1S/C20H19BrN2O4/c1-19(2)13-7-5-6-8-15(13)22(3)20(19)10-9-12-17(23(24)25)14(21)11-16(26-4)18(12)27-20/h5-11H,1-4H3. The molecule has 0 radical (unpaired) electrons. The van der Waals surface area contributed by atoms with Gasteiger partial charge in [-0.3, -0.25) is 10.1 Å². The molecule has 4 rings (SSSR count). The SMILES string of the molecule is COc1cc(Br)c([N+](=O)[O-])c2c1OC1(C=C2)N(C)c2ccccc2C1(C)C. The van der Waals surface area contributed by atoms with Crippen molar-refractivity contribution in [2.75, 3.05) is 19.1 Å². The van der Waals surface area contributed by atoms with Crippen molar-refractivity contribution in [3.05, 3.63) is 62.1 Å². The normalized spacial score (nSPS) is 21.6. The van der Waals surface area contributed by atoms with Crippen molar-refractivity contribution in [3.8, 4) is 11.5 Å². The second-order valence-electron chi connectivity index (χ2n) is 7.24. The minimum atomic E-state index is -0.821. The Bertz CT molecular complexity index is 1000. The van der Waals surface area contributed by atoms with Crippen molar-refractivity contribution < 1.29 is 14.4 Å². The molecule has 1 atom stereocenters. The fourth-order valence-corrected chi connectivity index (χ4v) is 4.77. The number of ether oxygens (including phenoxy) is 2. The molecule has 2 heterocycles. The van der Waals surface area contributed by atoms with E-state index in [0.29, 0.717) is 21.5 Å². The molecule has 0 aromatic heterocycles. The van der Waals surface area contributed by atoms with E-state index in [0.717, 1.165) is 11.3 Å². The molecule has 27 heavy (non-hydrogen) atoms. The lowest BCUT2D eigenvalue weighted by molar-refractivity contribution is -0.386. The first-order chi connectivity index (χ1) is 12.7. The molecule has 0 fully saturated rings. The van der Waals surface area contributed by atoms with Gasteiger partial charge in [0, 0.05) is 18.8 Å². The van der Waals surface area contributed by atoms with E-state index in [1.807, 2.05) is 25.3 Å². The molecule has 0 N–H and O–H groups in total. The zero-order valence-corrected chi connectivity index (χ0v) is 17.0. The van der Waals surface area contributed by atoms with E-state index >= 15 is 0 Å². The quantitative estimate of drug-likeness (QED) is 0.500. The van der Waals surface area contributed by atoms with Gasteiger partial charge in [0.2, 0.25) is 5.72 Å². The van der Waals surface area contributed by atoms with Crippen molar-refractivity contribution in [3.63, 3.8) is 0 Å². The third-order valence-electron chi connectivity index (χ3n) is 5.68. The van der Waals surface area contributed by atoms with Crippen LogP contribution in [0.15, 0.2) is 40.9 Å². The Labute approximate surface area is 165 Å². The number of likely N-dealkylation sites (N-methyl/N-ethyl adjacent to an activating group) is 1. The summed E-state index contributed by atoms with van der Waals surface area (Å²) in [6, 6.07) is 9.73. The average molecular weight is 431 g/mol. The maximum absolute atomic E-state index is 11.6. The van der Waals surface area contributed by atoms with Gasteiger partial charge in [-0.25, -0.2) is 0 Å². The summed E-state index contributed by atoms with van der Waals surface area (Å²) in [5, 5.41) is 11.6. The molecule has 1 unspecified atom stereocenters. The maximum Gasteiger partial charge on any atom is 0.294 e. The molecule has 7 heteroatoms. The molecular weight excluding hydrogens is 412 g/mol. The number of nitro benzene ring substituents is 1. The first kappa shape index (κ1) is 17.9. The zero-order valence-electron chi connectivity index (χ0n) is 15.4. The van der Waals surface area contributed by atoms with E-state index in [2.05, 4.69) is 46.8 Å². The number of rotatable bonds is 2. The number of halogens is 1. The van der Waals surface area contributed by atoms with E-state index in [4.69, 9.17) is 9.47 Å². The largest absolute Gasteiger partial charge is 0.493 e. The highest BCUT2D eigenvalue weighted by molar-refractivity contribution is 9.10. The lowest BCUT2D eigenvalue weighted by Crippen LogP contribution is -2.58. The second-order valence-corrected chi connectivity index (χ2v) is 8.10. The van der Waals surface area contributed by atoms with E-state index < -0.39 is 10.6 Å². The molecule has 0 amide bonds. The number of benzene rings is 2. The summed E-state index contributed by atoms with van der Waals surface area (Å²) in [5.41, 5.74) is 1.38. The Morgan fingerprint density at radius 2 is 2.00 bits per heavy atom. The third-order valence-corrected chi connectivity index (χ3v) is 6.28. The summed E-state index contributed by atoms with van der Waals surface area (Å²) in [5.74, 6) is 0.828. The molecular formula is C20H19BrN2O4. The van der Waals surface area contributed by atoms with E-state index in [9.17, 15) is 10.1 Å². The molecule has 6 nitrogen and oxygen atoms in total. The summed E-state index contributed by atoms with van der Waals surface area (Å²) < 4.78 is 12.4. The highest BCUT2D eigenvalue weighted by atomic mass is 79.9. The Kier molecular flexibility index (Phi) is 3.79. The molecule has 2 aliphatic rings. The van der Waals surface area contributed by atoms with Crippen LogP contribution >= 0.6 is 15.9 Å². The van der Waals surface area contributed by atoms with Crippen LogP contribution in [0.3, 0.4) is 0 Å². The number of hydrogen-bond donors (Lipinski definition) is 0. The van der Waals surface area contributed by atoms with Crippen LogP contribution < -0.4 is 14.4 Å². The second kappa shape index (κ2) is 5.73. The van der Waals surface area contributed by atoms with Crippen LogP contribution in [0.1, 0.15) is 25.0 Å². The van der Waals surface area contributed by atoms with Crippen LogP contribution in [0.4, 0.5) is 11.4 Å². The summed E-state index contributed by atoms with van der Waals surface area (Å²) in [6.07, 6.45) is 3.68. The molecule has 0 saturated carbocycles. The van der Waals surface area contributed by atoms with Gasteiger partial charge < -0.3 is 14.4 Å². The van der Waals surface area contributed by atoms with Crippen molar-refractivity contribution in [2.24, 2.45) is 0 Å². The van der Waals surface area contributed by atoms with Crippen molar-refractivity contribution in [2.45, 2.75) is 25.0 Å². The minimum absolute atomic E-state index is 0.0344. The van der Waals surface area contributed by atoms with E-state index in [-0.39, 0.29) is 11.1 Å². The number of para-hydroxylation sites is 1. The van der Waals surface area contributed by atoms with Gasteiger partial charge in [-0.2, -0.15) is 0 Å². The number of nitro groups is 1. The summed E-state index contributed by atoms with van der Waals surface area (Å²) in [6.45, 7) is 4.23. The Balaban J connectivity index is 1.96. The molecule has 2 aromatic carbocycles.